The van der Waals surface area contributed by atoms with Gasteiger partial charge in [0.25, 0.3) is 0 Å². The monoisotopic (exact) mass is 351 g/mol. The summed E-state index contributed by atoms with van der Waals surface area (Å²) in [6, 6.07) is 6.40. The maximum atomic E-state index is 12.6. The smallest absolute Gasteiger partial charge is 0.315 e. The lowest BCUT2D eigenvalue weighted by Crippen LogP contribution is -2.52. The van der Waals surface area contributed by atoms with Gasteiger partial charge in [0.1, 0.15) is 17.9 Å². The van der Waals surface area contributed by atoms with Crippen LogP contribution < -0.4 is 10.5 Å². The first kappa shape index (κ1) is 16.9. The zero-order valence-corrected chi connectivity index (χ0v) is 14.2. The van der Waals surface area contributed by atoms with Gasteiger partial charge in [0, 0.05) is 37.5 Å². The van der Waals surface area contributed by atoms with E-state index < -0.39 is 12.1 Å². The SMILES string of the molecule is NC(=O)N1CCC[C@@H]1C(=O)N1CCC(Oc2ccc(Cl)cc2)CC1. The van der Waals surface area contributed by atoms with Crippen molar-refractivity contribution in [3.63, 3.8) is 0 Å². The molecule has 3 amide bonds. The minimum atomic E-state index is -0.508. The Morgan fingerprint density at radius 2 is 1.75 bits per heavy atom. The molecule has 2 aliphatic heterocycles. The number of halogens is 1. The fourth-order valence-corrected chi connectivity index (χ4v) is 3.52. The molecule has 1 atom stereocenters. The lowest BCUT2D eigenvalue weighted by Gasteiger charge is -2.35. The molecule has 0 aliphatic carbocycles. The van der Waals surface area contributed by atoms with Gasteiger partial charge in [-0.15, -0.1) is 0 Å². The van der Waals surface area contributed by atoms with Crippen molar-refractivity contribution in [2.24, 2.45) is 5.73 Å². The van der Waals surface area contributed by atoms with E-state index in [1.165, 1.54) is 4.90 Å². The number of amides is 3. The number of primary amides is 1. The van der Waals surface area contributed by atoms with Crippen molar-refractivity contribution in [3.05, 3.63) is 29.3 Å². The molecule has 1 aromatic rings. The van der Waals surface area contributed by atoms with E-state index in [0.717, 1.165) is 25.0 Å². The van der Waals surface area contributed by atoms with E-state index >= 15 is 0 Å². The molecule has 0 unspecified atom stereocenters. The fourth-order valence-electron chi connectivity index (χ4n) is 3.40. The average molecular weight is 352 g/mol. The van der Waals surface area contributed by atoms with E-state index in [4.69, 9.17) is 22.1 Å². The summed E-state index contributed by atoms with van der Waals surface area (Å²) < 4.78 is 5.94. The van der Waals surface area contributed by atoms with Crippen molar-refractivity contribution >= 4 is 23.5 Å². The Hall–Kier alpha value is -1.95. The quantitative estimate of drug-likeness (QED) is 0.907. The highest BCUT2D eigenvalue weighted by Gasteiger charge is 2.36. The van der Waals surface area contributed by atoms with Gasteiger partial charge in [-0.25, -0.2) is 4.79 Å². The summed E-state index contributed by atoms with van der Waals surface area (Å²) in [6.45, 7) is 1.85. The zero-order chi connectivity index (χ0) is 17.1. The minimum Gasteiger partial charge on any atom is -0.490 e. The molecule has 2 N–H and O–H groups in total. The molecule has 2 saturated heterocycles. The van der Waals surface area contributed by atoms with E-state index in [1.54, 1.807) is 12.1 Å². The van der Waals surface area contributed by atoms with Crippen molar-refractivity contribution in [3.8, 4) is 5.75 Å². The second-order valence-electron chi connectivity index (χ2n) is 6.29. The van der Waals surface area contributed by atoms with Crippen LogP contribution >= 0.6 is 11.6 Å². The van der Waals surface area contributed by atoms with Gasteiger partial charge in [-0.1, -0.05) is 11.6 Å². The van der Waals surface area contributed by atoms with Gasteiger partial charge in [-0.2, -0.15) is 0 Å². The largest absolute Gasteiger partial charge is 0.490 e. The number of hydrogen-bond donors (Lipinski definition) is 1. The number of hydrogen-bond acceptors (Lipinski definition) is 3. The van der Waals surface area contributed by atoms with Gasteiger partial charge in [0.05, 0.1) is 0 Å². The van der Waals surface area contributed by atoms with Crippen molar-refractivity contribution in [1.82, 2.24) is 9.80 Å². The Labute approximate surface area is 146 Å². The Balaban J connectivity index is 1.52. The van der Waals surface area contributed by atoms with Crippen LogP contribution in [-0.4, -0.2) is 53.5 Å². The van der Waals surface area contributed by atoms with E-state index in [1.807, 2.05) is 17.0 Å². The van der Waals surface area contributed by atoms with Crippen LogP contribution in [0.5, 0.6) is 5.75 Å². The van der Waals surface area contributed by atoms with E-state index in [9.17, 15) is 9.59 Å². The molecular weight excluding hydrogens is 330 g/mol. The number of nitrogens with zero attached hydrogens (tertiary/aromatic N) is 2. The van der Waals surface area contributed by atoms with Crippen molar-refractivity contribution in [2.45, 2.75) is 37.8 Å². The van der Waals surface area contributed by atoms with Crippen molar-refractivity contribution in [2.75, 3.05) is 19.6 Å². The number of rotatable bonds is 3. The van der Waals surface area contributed by atoms with Crippen LogP contribution in [0.15, 0.2) is 24.3 Å². The summed E-state index contributed by atoms with van der Waals surface area (Å²) >= 11 is 5.87. The highest BCUT2D eigenvalue weighted by molar-refractivity contribution is 6.30. The molecule has 24 heavy (non-hydrogen) atoms. The molecule has 0 saturated carbocycles. The summed E-state index contributed by atoms with van der Waals surface area (Å²) in [6.07, 6.45) is 3.17. The third-order valence-corrected chi connectivity index (χ3v) is 4.94. The van der Waals surface area contributed by atoms with Gasteiger partial charge in [-0.05, 0) is 37.1 Å². The van der Waals surface area contributed by atoms with E-state index in [2.05, 4.69) is 0 Å². The third-order valence-electron chi connectivity index (χ3n) is 4.69. The topological polar surface area (TPSA) is 75.9 Å². The zero-order valence-electron chi connectivity index (χ0n) is 13.5. The number of urea groups is 1. The summed E-state index contributed by atoms with van der Waals surface area (Å²) in [4.78, 5) is 27.4. The minimum absolute atomic E-state index is 0.0104. The Morgan fingerprint density at radius 1 is 1.08 bits per heavy atom. The number of likely N-dealkylation sites (tertiary alicyclic amines) is 2. The summed E-state index contributed by atoms with van der Waals surface area (Å²) in [5.41, 5.74) is 5.36. The summed E-state index contributed by atoms with van der Waals surface area (Å²) in [5, 5.41) is 0.679. The van der Waals surface area contributed by atoms with Crippen LogP contribution in [0.3, 0.4) is 0 Å². The van der Waals surface area contributed by atoms with Crippen molar-refractivity contribution < 1.29 is 14.3 Å². The van der Waals surface area contributed by atoms with Gasteiger partial charge in [0.15, 0.2) is 0 Å². The number of ether oxygens (including phenoxy) is 1. The fraction of sp³-hybridized carbons (Fsp3) is 0.529. The molecule has 0 spiro atoms. The number of nitrogens with two attached hydrogens (primary N) is 1. The van der Waals surface area contributed by atoms with Crippen LogP contribution in [0, 0.1) is 0 Å². The van der Waals surface area contributed by atoms with E-state index in [-0.39, 0.29) is 12.0 Å². The van der Waals surface area contributed by atoms with Gasteiger partial charge in [0.2, 0.25) is 5.91 Å². The Bertz CT molecular complexity index is 600. The highest BCUT2D eigenvalue weighted by Crippen LogP contribution is 2.24. The van der Waals surface area contributed by atoms with Crippen LogP contribution in [0.4, 0.5) is 4.79 Å². The Morgan fingerprint density at radius 3 is 2.38 bits per heavy atom. The number of piperidine rings is 1. The maximum absolute atomic E-state index is 12.6. The highest BCUT2D eigenvalue weighted by atomic mass is 35.5. The maximum Gasteiger partial charge on any atom is 0.315 e. The van der Waals surface area contributed by atoms with Crippen LogP contribution in [-0.2, 0) is 4.79 Å². The predicted molar refractivity (Wildman–Crippen MR) is 91.0 cm³/mol. The van der Waals surface area contributed by atoms with Crippen molar-refractivity contribution in [1.29, 1.82) is 0 Å². The third kappa shape index (κ3) is 3.75. The molecule has 3 rings (SSSR count). The standard InChI is InChI=1S/C17H22ClN3O3/c18-12-3-5-13(6-4-12)24-14-7-10-20(11-8-14)16(22)15-2-1-9-21(15)17(19)23/h3-6,14-15H,1-2,7-11H2,(H2,19,23)/t15-/m1/s1. The lowest BCUT2D eigenvalue weighted by molar-refractivity contribution is -0.136. The van der Waals surface area contributed by atoms with E-state index in [0.29, 0.717) is 31.1 Å². The first-order valence-electron chi connectivity index (χ1n) is 8.31. The van der Waals surface area contributed by atoms with Gasteiger partial charge >= 0.3 is 6.03 Å². The van der Waals surface area contributed by atoms with Gasteiger partial charge < -0.3 is 20.3 Å². The predicted octanol–water partition coefficient (Wildman–Crippen LogP) is 2.25. The average Bonchev–Trinajstić information content (AvgIpc) is 3.07. The molecule has 0 radical (unpaired) electrons. The molecular formula is C17H22ClN3O3. The molecule has 0 bridgehead atoms. The molecule has 130 valence electrons. The van der Waals surface area contributed by atoms with Crippen LogP contribution in [0.1, 0.15) is 25.7 Å². The molecule has 7 heteroatoms. The summed E-state index contributed by atoms with van der Waals surface area (Å²) in [7, 11) is 0. The second-order valence-corrected chi connectivity index (χ2v) is 6.72. The molecule has 2 heterocycles. The second kappa shape index (κ2) is 7.30. The first-order valence-corrected chi connectivity index (χ1v) is 8.69. The van der Waals surface area contributed by atoms with Crippen LogP contribution in [0.25, 0.3) is 0 Å². The molecule has 1 aromatic carbocycles. The Kier molecular flexibility index (Phi) is 5.14. The number of benzene rings is 1. The molecule has 6 nitrogen and oxygen atoms in total. The van der Waals surface area contributed by atoms with Gasteiger partial charge in [-0.3, -0.25) is 4.79 Å². The first-order chi connectivity index (χ1) is 11.5. The lowest BCUT2D eigenvalue weighted by atomic mass is 10.1. The molecule has 2 aliphatic rings. The number of carbonyl (C=O) groups excluding carboxylic acids is 2. The van der Waals surface area contributed by atoms with Crippen LogP contribution in [0.2, 0.25) is 5.02 Å². The molecule has 2 fully saturated rings. The normalized spacial score (nSPS) is 21.8. The number of carbonyl (C=O) groups is 2. The molecule has 0 aromatic heterocycles. The summed E-state index contributed by atoms with van der Waals surface area (Å²) in [5.74, 6) is 0.802.